The molecule has 0 bridgehead atoms. The zero-order valence-corrected chi connectivity index (χ0v) is 14.7. The first kappa shape index (κ1) is 16.9. The van der Waals surface area contributed by atoms with E-state index in [0.29, 0.717) is 5.92 Å². The average Bonchev–Trinajstić information content (AvgIpc) is 2.44. The van der Waals surface area contributed by atoms with Gasteiger partial charge in [0.1, 0.15) is 0 Å². The first-order chi connectivity index (χ1) is 10.1. The Kier molecular flexibility index (Phi) is 6.59. The molecule has 0 spiro atoms. The molecule has 21 heavy (non-hydrogen) atoms. The van der Waals surface area contributed by atoms with Gasteiger partial charge in [0.05, 0.1) is 0 Å². The standard InChI is InChI=1S/C18H30N2S/c1-5-19-10-14(2)18-8-6-17(7-9-18)13-20-11-15(3)21-16(4)12-20/h6-9,14-16,19H,5,10-13H2,1-4H3. The van der Waals surface area contributed by atoms with Crippen molar-refractivity contribution in [3.63, 3.8) is 0 Å². The van der Waals surface area contributed by atoms with Gasteiger partial charge in [-0.15, -0.1) is 0 Å². The highest BCUT2D eigenvalue weighted by molar-refractivity contribution is 8.00. The summed E-state index contributed by atoms with van der Waals surface area (Å²) in [7, 11) is 0. The molecule has 1 aromatic carbocycles. The van der Waals surface area contributed by atoms with Crippen LogP contribution in [0.2, 0.25) is 0 Å². The molecule has 1 saturated heterocycles. The molecular formula is C18H30N2S. The van der Waals surface area contributed by atoms with E-state index in [0.717, 1.165) is 30.1 Å². The van der Waals surface area contributed by atoms with E-state index in [1.165, 1.54) is 24.2 Å². The third kappa shape index (κ3) is 5.32. The normalized spacial score (nSPS) is 25.0. The molecule has 0 saturated carbocycles. The van der Waals surface area contributed by atoms with Crippen molar-refractivity contribution in [3.05, 3.63) is 35.4 Å². The molecule has 0 radical (unpaired) electrons. The van der Waals surface area contributed by atoms with Crippen molar-refractivity contribution in [2.24, 2.45) is 0 Å². The van der Waals surface area contributed by atoms with Crippen molar-refractivity contribution >= 4 is 11.8 Å². The molecule has 0 aromatic heterocycles. The van der Waals surface area contributed by atoms with Crippen molar-refractivity contribution in [1.29, 1.82) is 0 Å². The summed E-state index contributed by atoms with van der Waals surface area (Å²) < 4.78 is 0. The summed E-state index contributed by atoms with van der Waals surface area (Å²) in [5.74, 6) is 0.588. The molecule has 3 atom stereocenters. The molecule has 3 unspecified atom stereocenters. The Balaban J connectivity index is 1.90. The van der Waals surface area contributed by atoms with E-state index in [-0.39, 0.29) is 0 Å². The van der Waals surface area contributed by atoms with Gasteiger partial charge in [-0.1, -0.05) is 52.0 Å². The number of benzene rings is 1. The molecule has 1 heterocycles. The largest absolute Gasteiger partial charge is 0.316 e. The fraction of sp³-hybridized carbons (Fsp3) is 0.667. The van der Waals surface area contributed by atoms with E-state index in [9.17, 15) is 0 Å². The second kappa shape index (κ2) is 8.21. The Morgan fingerprint density at radius 2 is 1.81 bits per heavy atom. The average molecular weight is 307 g/mol. The topological polar surface area (TPSA) is 15.3 Å². The molecule has 3 heteroatoms. The number of hydrogen-bond acceptors (Lipinski definition) is 3. The SMILES string of the molecule is CCNCC(C)c1ccc(CN2CC(C)SC(C)C2)cc1. The highest BCUT2D eigenvalue weighted by Crippen LogP contribution is 2.26. The van der Waals surface area contributed by atoms with Gasteiger partial charge in [0.2, 0.25) is 0 Å². The Morgan fingerprint density at radius 1 is 1.19 bits per heavy atom. The summed E-state index contributed by atoms with van der Waals surface area (Å²) in [6.07, 6.45) is 0. The lowest BCUT2D eigenvalue weighted by atomic mass is 9.99. The maximum atomic E-state index is 3.43. The molecule has 0 aliphatic carbocycles. The number of nitrogens with zero attached hydrogens (tertiary/aromatic N) is 1. The van der Waals surface area contributed by atoms with Gasteiger partial charge in [-0.2, -0.15) is 11.8 Å². The summed E-state index contributed by atoms with van der Waals surface area (Å²) in [4.78, 5) is 2.60. The quantitative estimate of drug-likeness (QED) is 0.862. The second-order valence-corrected chi connectivity index (χ2v) is 8.28. The zero-order chi connectivity index (χ0) is 15.2. The summed E-state index contributed by atoms with van der Waals surface area (Å²) in [5.41, 5.74) is 2.89. The predicted molar refractivity (Wildman–Crippen MR) is 95.2 cm³/mol. The van der Waals surface area contributed by atoms with Crippen LogP contribution in [0.5, 0.6) is 0 Å². The van der Waals surface area contributed by atoms with Crippen molar-refractivity contribution in [2.45, 2.75) is 50.7 Å². The summed E-state index contributed by atoms with van der Waals surface area (Å²) in [6, 6.07) is 9.25. The minimum Gasteiger partial charge on any atom is -0.316 e. The number of thioether (sulfide) groups is 1. The van der Waals surface area contributed by atoms with Gasteiger partial charge >= 0.3 is 0 Å². The van der Waals surface area contributed by atoms with Gasteiger partial charge in [0, 0.05) is 36.7 Å². The highest BCUT2D eigenvalue weighted by atomic mass is 32.2. The Bertz CT molecular complexity index is 408. The van der Waals surface area contributed by atoms with E-state index < -0.39 is 0 Å². The van der Waals surface area contributed by atoms with Crippen LogP contribution < -0.4 is 5.32 Å². The van der Waals surface area contributed by atoms with Crippen molar-refractivity contribution in [1.82, 2.24) is 10.2 Å². The number of likely N-dealkylation sites (N-methyl/N-ethyl adjacent to an activating group) is 1. The zero-order valence-electron chi connectivity index (χ0n) is 13.9. The minimum atomic E-state index is 0.588. The van der Waals surface area contributed by atoms with Gasteiger partial charge in [-0.25, -0.2) is 0 Å². The minimum absolute atomic E-state index is 0.588. The van der Waals surface area contributed by atoms with Crippen LogP contribution in [-0.2, 0) is 6.54 Å². The summed E-state index contributed by atoms with van der Waals surface area (Å²) >= 11 is 2.12. The van der Waals surface area contributed by atoms with Gasteiger partial charge in [0.25, 0.3) is 0 Å². The number of hydrogen-bond donors (Lipinski definition) is 1. The smallest absolute Gasteiger partial charge is 0.0234 e. The van der Waals surface area contributed by atoms with Crippen molar-refractivity contribution in [3.8, 4) is 0 Å². The Labute approximate surface area is 134 Å². The van der Waals surface area contributed by atoms with Crippen LogP contribution in [0.25, 0.3) is 0 Å². The van der Waals surface area contributed by atoms with Gasteiger partial charge in [-0.3, -0.25) is 4.90 Å². The predicted octanol–water partition coefficient (Wildman–Crippen LogP) is 3.73. The molecule has 0 amide bonds. The van der Waals surface area contributed by atoms with Crippen LogP contribution in [-0.4, -0.2) is 41.6 Å². The molecule has 1 aromatic rings. The van der Waals surface area contributed by atoms with E-state index in [2.05, 4.69) is 73.9 Å². The van der Waals surface area contributed by atoms with Crippen molar-refractivity contribution in [2.75, 3.05) is 26.2 Å². The lowest BCUT2D eigenvalue weighted by molar-refractivity contribution is 0.263. The maximum absolute atomic E-state index is 3.43. The lowest BCUT2D eigenvalue weighted by Crippen LogP contribution is -2.39. The summed E-state index contributed by atoms with van der Waals surface area (Å²) in [5, 5.41) is 4.94. The van der Waals surface area contributed by atoms with Crippen LogP contribution in [0.15, 0.2) is 24.3 Å². The molecule has 1 fully saturated rings. The Morgan fingerprint density at radius 3 is 2.38 bits per heavy atom. The van der Waals surface area contributed by atoms with E-state index in [1.54, 1.807) is 0 Å². The second-order valence-electron chi connectivity index (χ2n) is 6.40. The first-order valence-corrected chi connectivity index (χ1v) is 9.20. The molecule has 2 nitrogen and oxygen atoms in total. The molecule has 1 N–H and O–H groups in total. The van der Waals surface area contributed by atoms with Crippen LogP contribution >= 0.6 is 11.8 Å². The lowest BCUT2D eigenvalue weighted by Gasteiger charge is -2.34. The van der Waals surface area contributed by atoms with Gasteiger partial charge in [-0.05, 0) is 23.6 Å². The molecule has 1 aliphatic rings. The van der Waals surface area contributed by atoms with E-state index in [1.807, 2.05) is 0 Å². The van der Waals surface area contributed by atoms with E-state index in [4.69, 9.17) is 0 Å². The third-order valence-corrected chi connectivity index (χ3v) is 5.38. The van der Waals surface area contributed by atoms with Crippen LogP contribution in [0, 0.1) is 0 Å². The molecule has 118 valence electrons. The third-order valence-electron chi connectivity index (χ3n) is 4.15. The fourth-order valence-electron chi connectivity index (χ4n) is 3.10. The van der Waals surface area contributed by atoms with Crippen LogP contribution in [0.1, 0.15) is 44.7 Å². The van der Waals surface area contributed by atoms with Gasteiger partial charge < -0.3 is 5.32 Å². The summed E-state index contributed by atoms with van der Waals surface area (Å²) in [6.45, 7) is 14.8. The van der Waals surface area contributed by atoms with Gasteiger partial charge in [0.15, 0.2) is 0 Å². The van der Waals surface area contributed by atoms with Crippen LogP contribution in [0.4, 0.5) is 0 Å². The van der Waals surface area contributed by atoms with E-state index >= 15 is 0 Å². The Hall–Kier alpha value is -0.510. The fourth-order valence-corrected chi connectivity index (χ4v) is 4.49. The molecule has 1 aliphatic heterocycles. The first-order valence-electron chi connectivity index (χ1n) is 8.25. The van der Waals surface area contributed by atoms with Crippen molar-refractivity contribution < 1.29 is 0 Å². The number of nitrogens with one attached hydrogen (secondary N) is 1. The molecule has 2 rings (SSSR count). The number of rotatable bonds is 6. The molecular weight excluding hydrogens is 276 g/mol. The van der Waals surface area contributed by atoms with Crippen LogP contribution in [0.3, 0.4) is 0 Å². The maximum Gasteiger partial charge on any atom is 0.0234 e. The monoisotopic (exact) mass is 306 g/mol. The highest BCUT2D eigenvalue weighted by Gasteiger charge is 2.22.